The van der Waals surface area contributed by atoms with E-state index in [1.807, 2.05) is 31.3 Å². The van der Waals surface area contributed by atoms with Gasteiger partial charge in [0.2, 0.25) is 5.91 Å². The van der Waals surface area contributed by atoms with Crippen molar-refractivity contribution in [3.05, 3.63) is 29.8 Å². The number of hydrogen-bond acceptors (Lipinski definition) is 5. The number of carbonyl (C=O) groups is 3. The van der Waals surface area contributed by atoms with Crippen molar-refractivity contribution in [1.82, 2.24) is 20.0 Å². The summed E-state index contributed by atoms with van der Waals surface area (Å²) >= 11 is 0. The molecule has 3 saturated heterocycles. The van der Waals surface area contributed by atoms with Gasteiger partial charge >= 0.3 is 6.03 Å². The summed E-state index contributed by atoms with van der Waals surface area (Å²) in [6.07, 6.45) is 6.67. The fourth-order valence-electron chi connectivity index (χ4n) is 5.53. The van der Waals surface area contributed by atoms with Crippen LogP contribution in [-0.2, 0) is 16.0 Å². The highest BCUT2D eigenvalue weighted by molar-refractivity contribution is 6.05. The van der Waals surface area contributed by atoms with Gasteiger partial charge in [0.15, 0.2) is 0 Å². The van der Waals surface area contributed by atoms with Gasteiger partial charge in [0, 0.05) is 26.2 Å². The third-order valence-corrected chi connectivity index (χ3v) is 7.43. The molecule has 3 heterocycles. The minimum absolute atomic E-state index is 0.0151. The molecule has 1 aromatic carbocycles. The van der Waals surface area contributed by atoms with Gasteiger partial charge in [-0.1, -0.05) is 18.6 Å². The first-order chi connectivity index (χ1) is 16.0. The normalized spacial score (nSPS) is 25.5. The number of urea groups is 1. The molecule has 3 aliphatic heterocycles. The number of amides is 4. The van der Waals surface area contributed by atoms with Gasteiger partial charge in [0.1, 0.15) is 11.8 Å². The van der Waals surface area contributed by atoms with Crippen LogP contribution >= 0.6 is 0 Å². The van der Waals surface area contributed by atoms with E-state index >= 15 is 0 Å². The molecule has 0 aromatic heterocycles. The highest BCUT2D eigenvalue weighted by Gasteiger charge is 2.40. The van der Waals surface area contributed by atoms with E-state index < -0.39 is 12.1 Å². The molecule has 180 valence electrons. The zero-order valence-electron chi connectivity index (χ0n) is 19.8. The van der Waals surface area contributed by atoms with Crippen LogP contribution in [0.25, 0.3) is 0 Å². The third kappa shape index (κ3) is 5.49. The smallest absolute Gasteiger partial charge is 0.324 e. The van der Waals surface area contributed by atoms with Crippen LogP contribution in [0.5, 0.6) is 5.75 Å². The van der Waals surface area contributed by atoms with Crippen molar-refractivity contribution in [1.29, 1.82) is 0 Å². The Kier molecular flexibility index (Phi) is 7.53. The highest BCUT2D eigenvalue weighted by Crippen LogP contribution is 2.31. The molecule has 4 rings (SSSR count). The number of piperidine rings is 2. The molecule has 3 fully saturated rings. The van der Waals surface area contributed by atoms with Gasteiger partial charge in [0.25, 0.3) is 5.91 Å². The molecular weight excluding hydrogens is 420 g/mol. The van der Waals surface area contributed by atoms with Crippen molar-refractivity contribution in [3.63, 3.8) is 0 Å². The molecular formula is C25H36N4O4. The summed E-state index contributed by atoms with van der Waals surface area (Å²) in [6.45, 7) is 3.36. The summed E-state index contributed by atoms with van der Waals surface area (Å²) in [5, 5.41) is 2.70. The van der Waals surface area contributed by atoms with Gasteiger partial charge in [-0.2, -0.15) is 0 Å². The maximum atomic E-state index is 12.9. The SMILES string of the molecule is COc1ccc(CCN2C(=O)N[C@H](CC(=O)N(C)C[C@@H]3CCCN4CCCC[C@@H]34)C2=O)cc1. The fraction of sp³-hybridized carbons (Fsp3) is 0.640. The molecule has 4 amide bonds. The Labute approximate surface area is 196 Å². The molecule has 0 unspecified atom stereocenters. The Morgan fingerprint density at radius 3 is 2.64 bits per heavy atom. The topological polar surface area (TPSA) is 82.2 Å². The Morgan fingerprint density at radius 1 is 1.12 bits per heavy atom. The van der Waals surface area contributed by atoms with E-state index in [4.69, 9.17) is 4.74 Å². The Morgan fingerprint density at radius 2 is 1.88 bits per heavy atom. The lowest BCUT2D eigenvalue weighted by Crippen LogP contribution is -2.51. The lowest BCUT2D eigenvalue weighted by atomic mass is 9.83. The van der Waals surface area contributed by atoms with E-state index in [9.17, 15) is 14.4 Å². The maximum Gasteiger partial charge on any atom is 0.324 e. The van der Waals surface area contributed by atoms with E-state index in [1.54, 1.807) is 12.0 Å². The summed E-state index contributed by atoms with van der Waals surface area (Å²) in [5.41, 5.74) is 1.01. The molecule has 0 radical (unpaired) electrons. The van der Waals surface area contributed by atoms with E-state index in [0.29, 0.717) is 18.4 Å². The number of fused-ring (bicyclic) bond motifs is 1. The van der Waals surface area contributed by atoms with E-state index in [2.05, 4.69) is 10.2 Å². The van der Waals surface area contributed by atoms with Gasteiger partial charge in [-0.25, -0.2) is 4.79 Å². The largest absolute Gasteiger partial charge is 0.497 e. The van der Waals surface area contributed by atoms with Gasteiger partial charge in [-0.3, -0.25) is 14.5 Å². The number of methoxy groups -OCH3 is 1. The van der Waals surface area contributed by atoms with Crippen LogP contribution in [0.15, 0.2) is 24.3 Å². The summed E-state index contributed by atoms with van der Waals surface area (Å²) in [4.78, 5) is 43.7. The standard InChI is InChI=1S/C25H36N4O4/c1-27(17-19-6-5-14-28-13-4-3-7-22(19)28)23(30)16-21-24(31)29(25(32)26-21)15-12-18-8-10-20(33-2)11-9-18/h8-11,19,21-22H,3-7,12-17H2,1-2H3,(H,26,32)/t19-,21+,22-/m0/s1. The number of benzene rings is 1. The summed E-state index contributed by atoms with van der Waals surface area (Å²) in [7, 11) is 3.44. The molecule has 33 heavy (non-hydrogen) atoms. The van der Waals surface area contributed by atoms with Gasteiger partial charge in [0.05, 0.1) is 13.5 Å². The minimum atomic E-state index is -0.777. The second-order valence-electron chi connectivity index (χ2n) is 9.57. The van der Waals surface area contributed by atoms with Gasteiger partial charge in [-0.05, 0) is 68.8 Å². The highest BCUT2D eigenvalue weighted by atomic mass is 16.5. The molecule has 8 nitrogen and oxygen atoms in total. The van der Waals surface area contributed by atoms with Crippen molar-refractivity contribution in [2.24, 2.45) is 5.92 Å². The third-order valence-electron chi connectivity index (χ3n) is 7.43. The van der Waals surface area contributed by atoms with Crippen molar-refractivity contribution in [2.45, 2.75) is 57.0 Å². The lowest BCUT2D eigenvalue weighted by molar-refractivity contribution is -0.135. The van der Waals surface area contributed by atoms with Gasteiger partial charge < -0.3 is 19.9 Å². The van der Waals surface area contributed by atoms with E-state index in [0.717, 1.165) is 24.3 Å². The Bertz CT molecular complexity index is 856. The number of ether oxygens (including phenoxy) is 1. The average Bonchev–Trinajstić information content (AvgIpc) is 3.10. The van der Waals surface area contributed by atoms with Crippen molar-refractivity contribution >= 4 is 17.8 Å². The van der Waals surface area contributed by atoms with Gasteiger partial charge in [-0.15, -0.1) is 0 Å². The quantitative estimate of drug-likeness (QED) is 0.607. The molecule has 1 aromatic rings. The predicted octanol–water partition coefficient (Wildman–Crippen LogP) is 2.27. The van der Waals surface area contributed by atoms with Crippen LogP contribution in [0, 0.1) is 5.92 Å². The second kappa shape index (κ2) is 10.5. The first-order valence-electron chi connectivity index (χ1n) is 12.2. The predicted molar refractivity (Wildman–Crippen MR) is 125 cm³/mol. The van der Waals surface area contributed by atoms with Crippen LogP contribution in [0.3, 0.4) is 0 Å². The molecule has 3 aliphatic rings. The Balaban J connectivity index is 1.27. The summed E-state index contributed by atoms with van der Waals surface area (Å²) in [5.74, 6) is 0.855. The average molecular weight is 457 g/mol. The molecule has 1 N–H and O–H groups in total. The van der Waals surface area contributed by atoms with E-state index in [-0.39, 0.29) is 24.8 Å². The van der Waals surface area contributed by atoms with Crippen LogP contribution in [-0.4, -0.2) is 85.0 Å². The fourth-order valence-corrected chi connectivity index (χ4v) is 5.53. The van der Waals surface area contributed by atoms with E-state index in [1.165, 1.54) is 43.7 Å². The zero-order valence-corrected chi connectivity index (χ0v) is 19.8. The molecule has 0 spiro atoms. The first kappa shape index (κ1) is 23.5. The summed E-state index contributed by atoms with van der Waals surface area (Å²) < 4.78 is 5.16. The first-order valence-corrected chi connectivity index (χ1v) is 12.2. The number of nitrogens with zero attached hydrogens (tertiary/aromatic N) is 3. The Hall–Kier alpha value is -2.61. The molecule has 3 atom stereocenters. The second-order valence-corrected chi connectivity index (χ2v) is 9.57. The number of nitrogens with one attached hydrogen (secondary N) is 1. The lowest BCUT2D eigenvalue weighted by Gasteiger charge is -2.45. The van der Waals surface area contributed by atoms with Crippen molar-refractivity contribution in [2.75, 3.05) is 40.3 Å². The zero-order chi connectivity index (χ0) is 23.4. The summed E-state index contributed by atoms with van der Waals surface area (Å²) in [6, 6.07) is 6.94. The van der Waals surface area contributed by atoms with Crippen LogP contribution < -0.4 is 10.1 Å². The molecule has 8 heteroatoms. The molecule has 0 saturated carbocycles. The monoisotopic (exact) mass is 456 g/mol. The minimum Gasteiger partial charge on any atom is -0.497 e. The van der Waals surface area contributed by atoms with Crippen molar-refractivity contribution in [3.8, 4) is 5.75 Å². The number of carbonyl (C=O) groups excluding carboxylic acids is 3. The molecule has 0 bridgehead atoms. The van der Waals surface area contributed by atoms with Crippen molar-refractivity contribution < 1.29 is 19.1 Å². The van der Waals surface area contributed by atoms with Crippen LogP contribution in [0.4, 0.5) is 4.79 Å². The maximum absolute atomic E-state index is 12.9. The van der Waals surface area contributed by atoms with Crippen LogP contribution in [0.1, 0.15) is 44.1 Å². The van der Waals surface area contributed by atoms with Crippen LogP contribution in [0.2, 0.25) is 0 Å². The number of imide groups is 1. The molecule has 0 aliphatic carbocycles. The number of hydrogen-bond donors (Lipinski definition) is 1. The number of rotatable bonds is 8.